The summed E-state index contributed by atoms with van der Waals surface area (Å²) in [5, 5.41) is 11.1. The fraction of sp³-hybridized carbons (Fsp3) is 0.125. The fourth-order valence-corrected chi connectivity index (χ4v) is 0.869. The standard InChI is InChI=1S/C8H7NO4/c1-5-4-6(2-3-7(5)10)8(11)13-9-12/h2-4,10H,1H3. The minimum Gasteiger partial charge on any atom is -0.508 e. The molecule has 0 saturated carbocycles. The van der Waals surface area contributed by atoms with Gasteiger partial charge in [0.05, 0.1) is 5.56 Å². The van der Waals surface area contributed by atoms with E-state index < -0.39 is 5.97 Å². The van der Waals surface area contributed by atoms with Crippen molar-refractivity contribution in [1.82, 2.24) is 0 Å². The van der Waals surface area contributed by atoms with Crippen LogP contribution in [0.1, 0.15) is 15.9 Å². The highest BCUT2D eigenvalue weighted by atomic mass is 16.7. The molecular formula is C8H7NO4. The second-order valence-corrected chi connectivity index (χ2v) is 2.45. The van der Waals surface area contributed by atoms with Gasteiger partial charge >= 0.3 is 5.97 Å². The van der Waals surface area contributed by atoms with Gasteiger partial charge in [-0.05, 0) is 30.7 Å². The van der Waals surface area contributed by atoms with E-state index in [-0.39, 0.29) is 11.3 Å². The van der Waals surface area contributed by atoms with Crippen molar-refractivity contribution in [2.24, 2.45) is 5.34 Å². The van der Waals surface area contributed by atoms with Crippen LogP contribution in [0.3, 0.4) is 0 Å². The third-order valence-electron chi connectivity index (χ3n) is 1.55. The monoisotopic (exact) mass is 181 g/mol. The number of rotatable bonds is 2. The van der Waals surface area contributed by atoms with Crippen LogP contribution in [0.5, 0.6) is 5.75 Å². The molecule has 0 bridgehead atoms. The summed E-state index contributed by atoms with van der Waals surface area (Å²) in [6.45, 7) is 1.63. The second-order valence-electron chi connectivity index (χ2n) is 2.45. The lowest BCUT2D eigenvalue weighted by atomic mass is 10.1. The van der Waals surface area contributed by atoms with Crippen molar-refractivity contribution in [2.75, 3.05) is 0 Å². The number of phenolic OH excluding ortho intramolecular Hbond substituents is 1. The fourth-order valence-electron chi connectivity index (χ4n) is 0.869. The van der Waals surface area contributed by atoms with E-state index in [1.807, 2.05) is 5.34 Å². The Morgan fingerprint density at radius 1 is 1.54 bits per heavy atom. The number of benzene rings is 1. The van der Waals surface area contributed by atoms with Crippen LogP contribution in [0.25, 0.3) is 0 Å². The van der Waals surface area contributed by atoms with Crippen molar-refractivity contribution in [3.05, 3.63) is 34.2 Å². The molecule has 1 rings (SSSR count). The average molecular weight is 181 g/mol. The van der Waals surface area contributed by atoms with Crippen LogP contribution in [0, 0.1) is 11.8 Å². The van der Waals surface area contributed by atoms with Crippen LogP contribution in [-0.2, 0) is 4.84 Å². The van der Waals surface area contributed by atoms with Gasteiger partial charge in [0.1, 0.15) is 5.75 Å². The van der Waals surface area contributed by atoms with Crippen LogP contribution < -0.4 is 0 Å². The summed E-state index contributed by atoms with van der Waals surface area (Å²) in [6.07, 6.45) is 0. The molecule has 0 saturated heterocycles. The molecule has 0 aliphatic heterocycles. The molecule has 0 heterocycles. The minimum atomic E-state index is -0.835. The highest BCUT2D eigenvalue weighted by molar-refractivity contribution is 5.89. The molecule has 0 amide bonds. The van der Waals surface area contributed by atoms with Gasteiger partial charge in [0.15, 0.2) is 5.34 Å². The number of carbonyl (C=O) groups is 1. The van der Waals surface area contributed by atoms with Gasteiger partial charge in [0.2, 0.25) is 0 Å². The Labute approximate surface area is 73.9 Å². The Balaban J connectivity index is 2.96. The van der Waals surface area contributed by atoms with Crippen LogP contribution in [0.4, 0.5) is 0 Å². The van der Waals surface area contributed by atoms with Gasteiger partial charge in [-0.3, -0.25) is 4.84 Å². The van der Waals surface area contributed by atoms with E-state index in [1.165, 1.54) is 18.2 Å². The van der Waals surface area contributed by atoms with Crippen molar-refractivity contribution in [2.45, 2.75) is 6.92 Å². The first-order chi connectivity index (χ1) is 6.15. The lowest BCUT2D eigenvalue weighted by Gasteiger charge is -1.99. The molecule has 0 aliphatic carbocycles. The Bertz CT molecular complexity index is 348. The Hall–Kier alpha value is -1.91. The number of phenols is 1. The molecule has 13 heavy (non-hydrogen) atoms. The number of hydrogen-bond donors (Lipinski definition) is 1. The zero-order chi connectivity index (χ0) is 9.84. The molecule has 68 valence electrons. The maximum atomic E-state index is 10.9. The summed E-state index contributed by atoms with van der Waals surface area (Å²) in [4.78, 5) is 24.4. The van der Waals surface area contributed by atoms with E-state index in [0.29, 0.717) is 5.56 Å². The number of nitrogens with zero attached hydrogens (tertiary/aromatic N) is 1. The van der Waals surface area contributed by atoms with Gasteiger partial charge in [-0.25, -0.2) is 4.79 Å². The number of aromatic hydroxyl groups is 1. The lowest BCUT2D eigenvalue weighted by molar-refractivity contribution is 0.0508. The molecule has 0 aliphatic rings. The maximum Gasteiger partial charge on any atom is 0.369 e. The van der Waals surface area contributed by atoms with E-state index in [4.69, 9.17) is 5.11 Å². The highest BCUT2D eigenvalue weighted by Gasteiger charge is 2.08. The smallest absolute Gasteiger partial charge is 0.369 e. The zero-order valence-corrected chi connectivity index (χ0v) is 6.85. The normalized spacial score (nSPS) is 9.31. The lowest BCUT2D eigenvalue weighted by Crippen LogP contribution is -2.00. The van der Waals surface area contributed by atoms with Crippen molar-refractivity contribution in [3.63, 3.8) is 0 Å². The van der Waals surface area contributed by atoms with E-state index in [2.05, 4.69) is 4.84 Å². The predicted octanol–water partition coefficient (Wildman–Crippen LogP) is 1.54. The van der Waals surface area contributed by atoms with E-state index in [1.54, 1.807) is 6.92 Å². The molecule has 0 radical (unpaired) electrons. The molecule has 0 aromatic heterocycles. The molecule has 1 aromatic carbocycles. The van der Waals surface area contributed by atoms with Crippen molar-refractivity contribution < 1.29 is 14.7 Å². The first kappa shape index (κ1) is 9.18. The molecule has 0 spiro atoms. The summed E-state index contributed by atoms with van der Waals surface area (Å²) in [7, 11) is 0. The predicted molar refractivity (Wildman–Crippen MR) is 44.1 cm³/mol. The average Bonchev–Trinajstić information content (AvgIpc) is 2.10. The number of aryl methyl sites for hydroxylation is 1. The Morgan fingerprint density at radius 3 is 2.77 bits per heavy atom. The molecule has 1 N–H and O–H groups in total. The number of hydrogen-bond acceptors (Lipinski definition) is 5. The van der Waals surface area contributed by atoms with Gasteiger partial charge in [-0.15, -0.1) is 4.91 Å². The first-order valence-electron chi connectivity index (χ1n) is 3.49. The molecule has 0 atom stereocenters. The Morgan fingerprint density at radius 2 is 2.23 bits per heavy atom. The Kier molecular flexibility index (Phi) is 2.59. The molecule has 5 nitrogen and oxygen atoms in total. The minimum absolute atomic E-state index is 0.0793. The van der Waals surface area contributed by atoms with Crippen LogP contribution in [0.15, 0.2) is 23.5 Å². The van der Waals surface area contributed by atoms with E-state index in [0.717, 1.165) is 0 Å². The maximum absolute atomic E-state index is 10.9. The molecule has 0 fully saturated rings. The quantitative estimate of drug-likeness (QED) is 0.554. The van der Waals surface area contributed by atoms with E-state index >= 15 is 0 Å². The highest BCUT2D eigenvalue weighted by Crippen LogP contribution is 2.17. The summed E-state index contributed by atoms with van der Waals surface area (Å²) in [6, 6.07) is 4.09. The van der Waals surface area contributed by atoms with Gasteiger partial charge in [0.25, 0.3) is 0 Å². The third kappa shape index (κ3) is 2.02. The molecule has 0 unspecified atom stereocenters. The van der Waals surface area contributed by atoms with E-state index in [9.17, 15) is 9.70 Å². The molecule has 1 aromatic rings. The summed E-state index contributed by atoms with van der Waals surface area (Å²) >= 11 is 0. The van der Waals surface area contributed by atoms with Gasteiger partial charge in [-0.2, -0.15) is 0 Å². The van der Waals surface area contributed by atoms with Crippen LogP contribution >= 0.6 is 0 Å². The van der Waals surface area contributed by atoms with Crippen molar-refractivity contribution in [1.29, 1.82) is 0 Å². The summed E-state index contributed by atoms with van der Waals surface area (Å²) < 4.78 is 0. The van der Waals surface area contributed by atoms with Gasteiger partial charge in [0, 0.05) is 0 Å². The van der Waals surface area contributed by atoms with Crippen molar-refractivity contribution in [3.8, 4) is 5.75 Å². The zero-order valence-electron chi connectivity index (χ0n) is 6.85. The topological polar surface area (TPSA) is 76.0 Å². The number of carbonyl (C=O) groups excluding carboxylic acids is 1. The first-order valence-corrected chi connectivity index (χ1v) is 3.49. The SMILES string of the molecule is Cc1cc(C(=O)ON=O)ccc1O. The van der Waals surface area contributed by atoms with Crippen LogP contribution in [-0.4, -0.2) is 11.1 Å². The largest absolute Gasteiger partial charge is 0.508 e. The second kappa shape index (κ2) is 3.66. The molecule has 5 heteroatoms. The van der Waals surface area contributed by atoms with Gasteiger partial charge < -0.3 is 5.11 Å². The summed E-state index contributed by atoms with van der Waals surface area (Å²) in [5.74, 6) is -0.756. The van der Waals surface area contributed by atoms with Gasteiger partial charge in [-0.1, -0.05) is 0 Å². The van der Waals surface area contributed by atoms with Crippen molar-refractivity contribution >= 4 is 5.97 Å². The third-order valence-corrected chi connectivity index (χ3v) is 1.55. The van der Waals surface area contributed by atoms with Crippen LogP contribution in [0.2, 0.25) is 0 Å². The molecular weight excluding hydrogens is 174 g/mol. The summed E-state index contributed by atoms with van der Waals surface area (Å²) in [5.41, 5.74) is 0.704.